The Bertz CT molecular complexity index is 184. The first kappa shape index (κ1) is 10.5. The van der Waals surface area contributed by atoms with Crippen LogP contribution >= 0.6 is 0 Å². The van der Waals surface area contributed by atoms with E-state index in [9.17, 15) is 4.79 Å². The first-order valence-corrected chi connectivity index (χ1v) is 4.86. The summed E-state index contributed by atoms with van der Waals surface area (Å²) in [7, 11) is 0. The average molecular weight is 185 g/mol. The van der Waals surface area contributed by atoms with Crippen LogP contribution in [0.2, 0.25) is 0 Å². The summed E-state index contributed by atoms with van der Waals surface area (Å²) in [5, 5.41) is 0. The zero-order valence-electron chi connectivity index (χ0n) is 8.20. The number of rotatable bonds is 3. The van der Waals surface area contributed by atoms with E-state index in [1.165, 1.54) is 0 Å². The van der Waals surface area contributed by atoms with Crippen LogP contribution in [0.1, 0.15) is 19.8 Å². The fourth-order valence-corrected chi connectivity index (χ4v) is 1.72. The third-order valence-electron chi connectivity index (χ3n) is 2.73. The summed E-state index contributed by atoms with van der Waals surface area (Å²) < 4.78 is 0. The van der Waals surface area contributed by atoms with Gasteiger partial charge in [0.15, 0.2) is 0 Å². The number of nitrogens with two attached hydrogens (primary N) is 2. The number of likely N-dealkylation sites (tertiary alicyclic amines) is 1. The standard InChI is InChI=1S/C9H19N3O/c1-7-6-12(4-2-8(7)10)5-3-9(11)13/h7-8H,2-6,10H2,1H3,(H2,11,13). The van der Waals surface area contributed by atoms with Crippen LogP contribution in [0.25, 0.3) is 0 Å². The highest BCUT2D eigenvalue weighted by Crippen LogP contribution is 2.14. The third kappa shape index (κ3) is 3.32. The van der Waals surface area contributed by atoms with Gasteiger partial charge in [0.05, 0.1) is 0 Å². The molecule has 0 aromatic carbocycles. The molecule has 2 unspecified atom stereocenters. The molecule has 76 valence electrons. The molecule has 4 N–H and O–H groups in total. The molecule has 4 nitrogen and oxygen atoms in total. The Morgan fingerprint density at radius 3 is 2.85 bits per heavy atom. The minimum absolute atomic E-state index is 0.220. The molecule has 0 spiro atoms. The number of piperidine rings is 1. The molecule has 1 fully saturated rings. The minimum atomic E-state index is -0.220. The van der Waals surface area contributed by atoms with Crippen molar-refractivity contribution >= 4 is 5.91 Å². The molecule has 1 rings (SSSR count). The summed E-state index contributed by atoms with van der Waals surface area (Å²) in [5.74, 6) is 0.309. The van der Waals surface area contributed by atoms with Gasteiger partial charge in [-0.25, -0.2) is 0 Å². The topological polar surface area (TPSA) is 72.3 Å². The molecule has 0 aromatic rings. The van der Waals surface area contributed by atoms with Gasteiger partial charge in [-0.15, -0.1) is 0 Å². The maximum absolute atomic E-state index is 10.6. The van der Waals surface area contributed by atoms with Crippen LogP contribution in [0.4, 0.5) is 0 Å². The van der Waals surface area contributed by atoms with Gasteiger partial charge in [-0.2, -0.15) is 0 Å². The molecular formula is C9H19N3O. The molecule has 4 heteroatoms. The summed E-state index contributed by atoms with van der Waals surface area (Å²) in [6.07, 6.45) is 1.49. The molecule has 1 heterocycles. The molecule has 2 atom stereocenters. The summed E-state index contributed by atoms with van der Waals surface area (Å²) in [4.78, 5) is 12.8. The van der Waals surface area contributed by atoms with Crippen LogP contribution in [-0.4, -0.2) is 36.5 Å². The number of nitrogens with zero attached hydrogens (tertiary/aromatic N) is 1. The number of amides is 1. The van der Waals surface area contributed by atoms with Crippen LogP contribution in [0.3, 0.4) is 0 Å². The third-order valence-corrected chi connectivity index (χ3v) is 2.73. The zero-order chi connectivity index (χ0) is 9.84. The van der Waals surface area contributed by atoms with E-state index in [0.29, 0.717) is 18.4 Å². The fourth-order valence-electron chi connectivity index (χ4n) is 1.72. The lowest BCUT2D eigenvalue weighted by atomic mass is 9.95. The quantitative estimate of drug-likeness (QED) is 0.624. The van der Waals surface area contributed by atoms with Crippen LogP contribution in [-0.2, 0) is 4.79 Å². The Morgan fingerprint density at radius 2 is 2.31 bits per heavy atom. The maximum atomic E-state index is 10.6. The number of hydrogen-bond donors (Lipinski definition) is 2. The van der Waals surface area contributed by atoms with Gasteiger partial charge in [0, 0.05) is 25.6 Å². The largest absolute Gasteiger partial charge is 0.370 e. The second-order valence-corrected chi connectivity index (χ2v) is 3.95. The SMILES string of the molecule is CC1CN(CCC(N)=O)CCC1N. The van der Waals surface area contributed by atoms with Gasteiger partial charge in [0.1, 0.15) is 0 Å². The predicted octanol–water partition coefficient (Wildman–Crippen LogP) is -0.469. The van der Waals surface area contributed by atoms with Crippen LogP contribution in [0.5, 0.6) is 0 Å². The average Bonchev–Trinajstić information content (AvgIpc) is 2.07. The normalized spacial score (nSPS) is 30.3. The van der Waals surface area contributed by atoms with Crippen LogP contribution in [0.15, 0.2) is 0 Å². The van der Waals surface area contributed by atoms with Gasteiger partial charge in [-0.1, -0.05) is 6.92 Å². The summed E-state index contributed by atoms with van der Waals surface area (Å²) in [6, 6.07) is 0.324. The highest BCUT2D eigenvalue weighted by atomic mass is 16.1. The second-order valence-electron chi connectivity index (χ2n) is 3.95. The van der Waals surface area contributed by atoms with Gasteiger partial charge in [0.2, 0.25) is 5.91 Å². The van der Waals surface area contributed by atoms with Crippen molar-refractivity contribution in [2.24, 2.45) is 17.4 Å². The Morgan fingerprint density at radius 1 is 1.62 bits per heavy atom. The number of hydrogen-bond acceptors (Lipinski definition) is 3. The van der Waals surface area contributed by atoms with Gasteiger partial charge < -0.3 is 16.4 Å². The Labute approximate surface area is 79.3 Å². The molecule has 0 aromatic heterocycles. The monoisotopic (exact) mass is 185 g/mol. The van der Waals surface area contributed by atoms with Crippen molar-refractivity contribution < 1.29 is 4.79 Å². The van der Waals surface area contributed by atoms with E-state index in [2.05, 4.69) is 11.8 Å². The van der Waals surface area contributed by atoms with Crippen molar-refractivity contribution in [3.63, 3.8) is 0 Å². The van der Waals surface area contributed by atoms with Crippen molar-refractivity contribution in [3.05, 3.63) is 0 Å². The van der Waals surface area contributed by atoms with Crippen LogP contribution < -0.4 is 11.5 Å². The van der Waals surface area contributed by atoms with Gasteiger partial charge in [0.25, 0.3) is 0 Å². The highest BCUT2D eigenvalue weighted by Gasteiger charge is 2.22. The van der Waals surface area contributed by atoms with Crippen LogP contribution in [0, 0.1) is 5.92 Å². The Kier molecular flexibility index (Phi) is 3.69. The molecule has 1 saturated heterocycles. The maximum Gasteiger partial charge on any atom is 0.218 e. The van der Waals surface area contributed by atoms with E-state index in [-0.39, 0.29) is 5.91 Å². The molecule has 0 aliphatic carbocycles. The van der Waals surface area contributed by atoms with Gasteiger partial charge >= 0.3 is 0 Å². The van der Waals surface area contributed by atoms with Crippen molar-refractivity contribution in [1.82, 2.24) is 4.90 Å². The summed E-state index contributed by atoms with van der Waals surface area (Å²) in [5.41, 5.74) is 11.0. The van der Waals surface area contributed by atoms with E-state index >= 15 is 0 Å². The number of carbonyl (C=O) groups excluding carboxylic acids is 1. The van der Waals surface area contributed by atoms with Crippen molar-refractivity contribution in [2.45, 2.75) is 25.8 Å². The summed E-state index contributed by atoms with van der Waals surface area (Å²) >= 11 is 0. The smallest absolute Gasteiger partial charge is 0.218 e. The molecule has 0 saturated carbocycles. The van der Waals surface area contributed by atoms with E-state index in [1.807, 2.05) is 0 Å². The van der Waals surface area contributed by atoms with Gasteiger partial charge in [-0.3, -0.25) is 4.79 Å². The Hall–Kier alpha value is -0.610. The zero-order valence-corrected chi connectivity index (χ0v) is 8.20. The van der Waals surface area contributed by atoms with E-state index in [1.54, 1.807) is 0 Å². The first-order valence-electron chi connectivity index (χ1n) is 4.86. The molecule has 1 aliphatic heterocycles. The molecule has 1 amide bonds. The highest BCUT2D eigenvalue weighted by molar-refractivity contribution is 5.73. The van der Waals surface area contributed by atoms with E-state index in [0.717, 1.165) is 26.1 Å². The second kappa shape index (κ2) is 4.58. The lowest BCUT2D eigenvalue weighted by Crippen LogP contribution is -2.46. The summed E-state index contributed by atoms with van der Waals surface area (Å²) in [6.45, 7) is 4.93. The minimum Gasteiger partial charge on any atom is -0.370 e. The molecule has 13 heavy (non-hydrogen) atoms. The lowest BCUT2D eigenvalue weighted by Gasteiger charge is -2.34. The predicted molar refractivity (Wildman–Crippen MR) is 52.0 cm³/mol. The molecule has 1 aliphatic rings. The lowest BCUT2D eigenvalue weighted by molar-refractivity contribution is -0.118. The van der Waals surface area contributed by atoms with Crippen molar-refractivity contribution in [1.29, 1.82) is 0 Å². The number of primary amides is 1. The van der Waals surface area contributed by atoms with Crippen molar-refractivity contribution in [2.75, 3.05) is 19.6 Å². The first-order chi connectivity index (χ1) is 6.09. The van der Waals surface area contributed by atoms with E-state index in [4.69, 9.17) is 11.5 Å². The molecular weight excluding hydrogens is 166 g/mol. The van der Waals surface area contributed by atoms with Gasteiger partial charge in [-0.05, 0) is 18.9 Å². The molecule has 0 radical (unpaired) electrons. The van der Waals surface area contributed by atoms with E-state index < -0.39 is 0 Å². The Balaban J connectivity index is 2.25. The van der Waals surface area contributed by atoms with Crippen molar-refractivity contribution in [3.8, 4) is 0 Å². The molecule has 0 bridgehead atoms. The number of carbonyl (C=O) groups is 1. The fraction of sp³-hybridized carbons (Fsp3) is 0.889.